The average Bonchev–Trinajstić information content (AvgIpc) is 3.15. The Morgan fingerprint density at radius 1 is 0.946 bits per heavy atom. The molecule has 0 aromatic heterocycles. The molecule has 0 bridgehead atoms. The predicted octanol–water partition coefficient (Wildman–Crippen LogP) is 5.13. The minimum atomic E-state index is -0.831. The van der Waals surface area contributed by atoms with E-state index in [0.717, 1.165) is 11.1 Å². The molecule has 1 N–H and O–H groups in total. The summed E-state index contributed by atoms with van der Waals surface area (Å²) in [5.74, 6) is -1.47. The first-order valence-corrected chi connectivity index (χ1v) is 12.2. The van der Waals surface area contributed by atoms with Crippen molar-refractivity contribution >= 4 is 29.1 Å². The van der Waals surface area contributed by atoms with Crippen LogP contribution in [0.1, 0.15) is 42.1 Å². The second-order valence-corrected chi connectivity index (χ2v) is 8.69. The van der Waals surface area contributed by atoms with Gasteiger partial charge in [0.2, 0.25) is 0 Å². The Bertz CT molecular complexity index is 1340. The van der Waals surface area contributed by atoms with Crippen LogP contribution in [0.25, 0.3) is 5.76 Å². The fraction of sp³-hybridized carbons (Fsp3) is 0.233. The minimum absolute atomic E-state index is 0.00959. The molecule has 1 amide bonds. The number of hydrogen-bond acceptors (Lipinski definition) is 6. The highest BCUT2D eigenvalue weighted by Crippen LogP contribution is 2.42. The fourth-order valence-corrected chi connectivity index (χ4v) is 4.44. The molecule has 37 heavy (non-hydrogen) atoms. The number of aryl methyl sites for hydroxylation is 1. The largest absolute Gasteiger partial charge is 0.507 e. The number of carbonyl (C=O) groups excluding carboxylic acids is 3. The van der Waals surface area contributed by atoms with Crippen LogP contribution in [0.4, 0.5) is 5.69 Å². The first kappa shape index (κ1) is 25.7. The van der Waals surface area contributed by atoms with Gasteiger partial charge in [0.05, 0.1) is 31.2 Å². The van der Waals surface area contributed by atoms with Gasteiger partial charge in [0.1, 0.15) is 11.5 Å². The number of ketones is 1. The van der Waals surface area contributed by atoms with Crippen LogP contribution < -0.4 is 9.64 Å². The zero-order valence-corrected chi connectivity index (χ0v) is 21.1. The molecule has 1 saturated heterocycles. The van der Waals surface area contributed by atoms with E-state index in [0.29, 0.717) is 35.8 Å². The normalized spacial score (nSPS) is 16.6. The lowest BCUT2D eigenvalue weighted by molar-refractivity contribution is -0.142. The Kier molecular flexibility index (Phi) is 7.72. The van der Waals surface area contributed by atoms with E-state index < -0.39 is 17.7 Å². The van der Waals surface area contributed by atoms with Crippen LogP contribution in [-0.2, 0) is 25.5 Å². The van der Waals surface area contributed by atoms with Crippen LogP contribution >= 0.6 is 0 Å². The zero-order valence-electron chi connectivity index (χ0n) is 21.1. The standard InChI is InChI=1S/C30H29NO6/c1-4-36-24-15-11-21(12-16-24)28(33)26-27(22-8-6-7-19(3)17-22)31(30(35)29(26)34)23-13-9-20(10-14-23)18-25(32)37-5-2/h6-17,27,33H,4-5,18H2,1-3H3/b28-26-. The van der Waals surface area contributed by atoms with Crippen molar-refractivity contribution in [1.29, 1.82) is 0 Å². The lowest BCUT2D eigenvalue weighted by Crippen LogP contribution is -2.29. The Balaban J connectivity index is 1.79. The third-order valence-electron chi connectivity index (χ3n) is 6.11. The summed E-state index contributed by atoms with van der Waals surface area (Å²) < 4.78 is 10.5. The summed E-state index contributed by atoms with van der Waals surface area (Å²) in [6.45, 7) is 6.35. The quantitative estimate of drug-likeness (QED) is 0.200. The summed E-state index contributed by atoms with van der Waals surface area (Å²) in [7, 11) is 0. The van der Waals surface area contributed by atoms with Gasteiger partial charge in [-0.1, -0.05) is 42.0 Å². The molecule has 1 aliphatic rings. The first-order chi connectivity index (χ1) is 17.8. The lowest BCUT2D eigenvalue weighted by Gasteiger charge is -2.26. The van der Waals surface area contributed by atoms with Gasteiger partial charge >= 0.3 is 5.97 Å². The molecule has 0 saturated carbocycles. The number of rotatable bonds is 8. The molecule has 190 valence electrons. The second kappa shape index (κ2) is 11.1. The Morgan fingerprint density at radius 2 is 1.65 bits per heavy atom. The molecule has 1 heterocycles. The van der Waals surface area contributed by atoms with E-state index in [1.807, 2.05) is 38.1 Å². The fourth-order valence-electron chi connectivity index (χ4n) is 4.44. The number of anilines is 1. The molecule has 0 radical (unpaired) electrons. The number of carbonyl (C=O) groups is 3. The molecule has 7 heteroatoms. The maximum atomic E-state index is 13.3. The van der Waals surface area contributed by atoms with Gasteiger partial charge in [-0.05, 0) is 68.3 Å². The summed E-state index contributed by atoms with van der Waals surface area (Å²) >= 11 is 0. The topological polar surface area (TPSA) is 93.1 Å². The number of ether oxygens (including phenoxy) is 2. The molecule has 1 unspecified atom stereocenters. The molecule has 4 rings (SSSR count). The molecule has 3 aromatic rings. The van der Waals surface area contributed by atoms with Gasteiger partial charge in [-0.2, -0.15) is 0 Å². The highest BCUT2D eigenvalue weighted by molar-refractivity contribution is 6.51. The minimum Gasteiger partial charge on any atom is -0.507 e. The summed E-state index contributed by atoms with van der Waals surface area (Å²) in [6, 6.07) is 20.2. The van der Waals surface area contributed by atoms with Crippen molar-refractivity contribution < 1.29 is 29.0 Å². The summed E-state index contributed by atoms with van der Waals surface area (Å²) in [6.07, 6.45) is 0.103. The van der Waals surface area contributed by atoms with Crippen LogP contribution in [0, 0.1) is 6.92 Å². The van der Waals surface area contributed by atoms with Crippen molar-refractivity contribution in [2.45, 2.75) is 33.2 Å². The van der Waals surface area contributed by atoms with Crippen molar-refractivity contribution in [2.75, 3.05) is 18.1 Å². The number of aliphatic hydroxyl groups excluding tert-OH is 1. The molecule has 0 spiro atoms. The SMILES string of the molecule is CCOC(=O)Cc1ccc(N2C(=O)C(=O)/C(=C(\O)c3ccc(OCC)cc3)C2c2cccc(C)c2)cc1. The van der Waals surface area contributed by atoms with Crippen LogP contribution in [0.5, 0.6) is 5.75 Å². The molecular weight excluding hydrogens is 470 g/mol. The van der Waals surface area contributed by atoms with E-state index in [4.69, 9.17) is 9.47 Å². The molecular formula is C30H29NO6. The molecule has 7 nitrogen and oxygen atoms in total. The summed E-state index contributed by atoms with van der Waals surface area (Å²) in [5.41, 5.74) is 3.27. The third-order valence-corrected chi connectivity index (χ3v) is 6.11. The van der Waals surface area contributed by atoms with Crippen LogP contribution in [0.2, 0.25) is 0 Å². The van der Waals surface area contributed by atoms with Gasteiger partial charge < -0.3 is 14.6 Å². The van der Waals surface area contributed by atoms with E-state index in [1.54, 1.807) is 55.5 Å². The van der Waals surface area contributed by atoms with Gasteiger partial charge in [0, 0.05) is 11.3 Å². The number of hydrogen-bond donors (Lipinski definition) is 1. The smallest absolute Gasteiger partial charge is 0.310 e. The molecule has 1 atom stereocenters. The number of esters is 1. The van der Waals surface area contributed by atoms with Crippen molar-refractivity contribution in [3.05, 3.63) is 101 Å². The second-order valence-electron chi connectivity index (χ2n) is 8.69. The lowest BCUT2D eigenvalue weighted by atomic mass is 9.94. The Labute approximate surface area is 215 Å². The summed E-state index contributed by atoms with van der Waals surface area (Å²) in [5, 5.41) is 11.3. The van der Waals surface area contributed by atoms with E-state index in [2.05, 4.69) is 0 Å². The highest BCUT2D eigenvalue weighted by atomic mass is 16.5. The maximum Gasteiger partial charge on any atom is 0.310 e. The Morgan fingerprint density at radius 3 is 2.27 bits per heavy atom. The molecule has 0 aliphatic carbocycles. The van der Waals surface area contributed by atoms with Crippen LogP contribution in [0.3, 0.4) is 0 Å². The third kappa shape index (κ3) is 5.40. The van der Waals surface area contributed by atoms with Gasteiger partial charge in [0.25, 0.3) is 11.7 Å². The van der Waals surface area contributed by atoms with Gasteiger partial charge in [-0.25, -0.2) is 0 Å². The van der Waals surface area contributed by atoms with Crippen molar-refractivity contribution in [3.63, 3.8) is 0 Å². The van der Waals surface area contributed by atoms with Crippen molar-refractivity contribution in [3.8, 4) is 5.75 Å². The van der Waals surface area contributed by atoms with Crippen LogP contribution in [-0.4, -0.2) is 36.0 Å². The highest BCUT2D eigenvalue weighted by Gasteiger charge is 2.47. The van der Waals surface area contributed by atoms with E-state index in [1.165, 1.54) is 4.90 Å². The van der Waals surface area contributed by atoms with E-state index in [-0.39, 0.29) is 23.7 Å². The number of Topliss-reactive ketones (excluding diaryl/α,β-unsaturated/α-hetero) is 1. The predicted molar refractivity (Wildman–Crippen MR) is 140 cm³/mol. The van der Waals surface area contributed by atoms with Gasteiger partial charge in [0.15, 0.2) is 0 Å². The molecule has 1 fully saturated rings. The maximum absolute atomic E-state index is 13.3. The van der Waals surface area contributed by atoms with Crippen LogP contribution in [0.15, 0.2) is 78.4 Å². The van der Waals surface area contributed by atoms with E-state index >= 15 is 0 Å². The monoisotopic (exact) mass is 499 g/mol. The summed E-state index contributed by atoms with van der Waals surface area (Å²) in [4.78, 5) is 39.9. The van der Waals surface area contributed by atoms with Gasteiger partial charge in [-0.15, -0.1) is 0 Å². The van der Waals surface area contributed by atoms with Gasteiger partial charge in [-0.3, -0.25) is 19.3 Å². The van der Waals surface area contributed by atoms with Crippen molar-refractivity contribution in [1.82, 2.24) is 0 Å². The number of benzene rings is 3. The zero-order chi connectivity index (χ0) is 26.5. The number of nitrogens with zero attached hydrogens (tertiary/aromatic N) is 1. The van der Waals surface area contributed by atoms with Crippen molar-refractivity contribution in [2.24, 2.45) is 0 Å². The number of aliphatic hydroxyl groups is 1. The first-order valence-electron chi connectivity index (χ1n) is 12.2. The number of amides is 1. The molecule has 1 aliphatic heterocycles. The molecule has 3 aromatic carbocycles. The van der Waals surface area contributed by atoms with E-state index in [9.17, 15) is 19.5 Å². The average molecular weight is 500 g/mol. The Hall–Kier alpha value is -4.39.